The summed E-state index contributed by atoms with van der Waals surface area (Å²) in [4.78, 5) is 12.2. The van der Waals surface area contributed by atoms with Gasteiger partial charge < -0.3 is 10.3 Å². The second-order valence-electron chi connectivity index (χ2n) is 5.97. The summed E-state index contributed by atoms with van der Waals surface area (Å²) < 4.78 is 16.1. The first kappa shape index (κ1) is 18.4. The minimum absolute atomic E-state index is 0.102. The van der Waals surface area contributed by atoms with Gasteiger partial charge in [-0.3, -0.25) is 9.93 Å². The lowest BCUT2D eigenvalue weighted by atomic mass is 10.0. The van der Waals surface area contributed by atoms with E-state index in [1.54, 1.807) is 6.07 Å². The Hall–Kier alpha value is -2.41. The average molecular weight is 369 g/mol. The van der Waals surface area contributed by atoms with Crippen LogP contribution in [0.4, 0.5) is 4.39 Å². The molecule has 4 N–H and O–H groups in total. The Morgan fingerprint density at radius 2 is 2.08 bits per heavy atom. The molecule has 0 spiro atoms. The summed E-state index contributed by atoms with van der Waals surface area (Å²) in [5, 5.41) is 6.60. The standard InChI is InChI=1S/C20H20FN3OS/c1-13-20(15-3-2-4-17(10-15)26-23)18-9-14(12-25)5-6-19(18)24(13)11-16(21)7-8-22/h2-7,9-10,12H,8,11,22-23H2,1H3/b16-7-. The molecule has 3 aromatic rings. The molecule has 0 atom stereocenters. The number of nitrogens with zero attached hydrogens (tertiary/aromatic N) is 1. The maximum Gasteiger partial charge on any atom is 0.150 e. The van der Waals surface area contributed by atoms with E-state index in [-0.39, 0.29) is 18.9 Å². The molecule has 0 amide bonds. The van der Waals surface area contributed by atoms with Crippen LogP contribution in [0, 0.1) is 6.92 Å². The van der Waals surface area contributed by atoms with Crippen molar-refractivity contribution >= 4 is 29.1 Å². The predicted octanol–water partition coefficient (Wildman–Crippen LogP) is 4.21. The zero-order chi connectivity index (χ0) is 18.7. The van der Waals surface area contributed by atoms with Crippen molar-refractivity contribution < 1.29 is 9.18 Å². The molecule has 134 valence electrons. The van der Waals surface area contributed by atoms with Gasteiger partial charge in [-0.25, -0.2) is 4.39 Å². The number of carbonyl (C=O) groups excluding carboxylic acids is 1. The first-order chi connectivity index (χ1) is 12.6. The van der Waals surface area contributed by atoms with Crippen molar-refractivity contribution in [2.45, 2.75) is 18.4 Å². The van der Waals surface area contributed by atoms with E-state index in [4.69, 9.17) is 10.9 Å². The smallest absolute Gasteiger partial charge is 0.150 e. The van der Waals surface area contributed by atoms with Crippen molar-refractivity contribution in [1.82, 2.24) is 4.57 Å². The molecule has 0 unspecified atom stereocenters. The molecule has 1 aromatic heterocycles. The van der Waals surface area contributed by atoms with Crippen LogP contribution in [0.15, 0.2) is 59.3 Å². The molecule has 2 aromatic carbocycles. The van der Waals surface area contributed by atoms with E-state index in [9.17, 15) is 9.18 Å². The zero-order valence-electron chi connectivity index (χ0n) is 14.4. The van der Waals surface area contributed by atoms with Crippen LogP contribution >= 0.6 is 11.9 Å². The SMILES string of the molecule is Cc1c(-c2cccc(SN)c2)c2cc(C=O)ccc2n1C/C(F)=C/CN. The number of hydrogen-bond acceptors (Lipinski definition) is 4. The Kier molecular flexibility index (Phi) is 5.56. The minimum atomic E-state index is -0.287. The fourth-order valence-corrected chi connectivity index (χ4v) is 3.56. The molecule has 26 heavy (non-hydrogen) atoms. The van der Waals surface area contributed by atoms with Gasteiger partial charge in [0.1, 0.15) is 12.1 Å². The fourth-order valence-electron chi connectivity index (χ4n) is 3.21. The number of fused-ring (bicyclic) bond motifs is 1. The van der Waals surface area contributed by atoms with Crippen molar-refractivity contribution in [2.75, 3.05) is 6.54 Å². The van der Waals surface area contributed by atoms with Gasteiger partial charge in [0, 0.05) is 39.2 Å². The summed E-state index contributed by atoms with van der Waals surface area (Å²) in [6.45, 7) is 2.21. The van der Waals surface area contributed by atoms with Crippen LogP contribution in [0.25, 0.3) is 22.0 Å². The molecule has 4 nitrogen and oxygen atoms in total. The first-order valence-corrected chi connectivity index (χ1v) is 9.06. The van der Waals surface area contributed by atoms with Gasteiger partial charge >= 0.3 is 0 Å². The van der Waals surface area contributed by atoms with Crippen molar-refractivity contribution in [1.29, 1.82) is 0 Å². The summed E-state index contributed by atoms with van der Waals surface area (Å²) in [6, 6.07) is 13.3. The molecule has 3 rings (SSSR count). The maximum atomic E-state index is 14.2. The molecule has 0 fully saturated rings. The second kappa shape index (κ2) is 7.86. The third-order valence-corrected chi connectivity index (χ3v) is 4.92. The lowest BCUT2D eigenvalue weighted by Crippen LogP contribution is -2.03. The van der Waals surface area contributed by atoms with Crippen LogP contribution < -0.4 is 10.9 Å². The molecule has 0 aliphatic rings. The maximum absolute atomic E-state index is 14.2. The normalized spacial score (nSPS) is 11.9. The van der Waals surface area contributed by atoms with E-state index in [1.807, 2.05) is 47.9 Å². The number of halogens is 1. The van der Waals surface area contributed by atoms with Gasteiger partial charge in [-0.2, -0.15) is 0 Å². The van der Waals surface area contributed by atoms with Crippen molar-refractivity contribution in [3.63, 3.8) is 0 Å². The fraction of sp³-hybridized carbons (Fsp3) is 0.150. The third-order valence-electron chi connectivity index (χ3n) is 4.39. The van der Waals surface area contributed by atoms with Gasteiger partial charge in [0.15, 0.2) is 0 Å². The Bertz CT molecular complexity index is 994. The average Bonchev–Trinajstić information content (AvgIpc) is 2.93. The highest BCUT2D eigenvalue weighted by Crippen LogP contribution is 2.36. The lowest BCUT2D eigenvalue weighted by Gasteiger charge is -2.08. The van der Waals surface area contributed by atoms with Gasteiger partial charge in [-0.1, -0.05) is 12.1 Å². The number of allylic oxidation sites excluding steroid dienone is 1. The molecule has 1 heterocycles. The molecule has 6 heteroatoms. The van der Waals surface area contributed by atoms with E-state index in [0.29, 0.717) is 5.56 Å². The Balaban J connectivity index is 2.28. The monoisotopic (exact) mass is 369 g/mol. The van der Waals surface area contributed by atoms with Crippen molar-refractivity contribution in [3.8, 4) is 11.1 Å². The van der Waals surface area contributed by atoms with E-state index < -0.39 is 0 Å². The molecule has 0 aliphatic heterocycles. The number of carbonyl (C=O) groups is 1. The predicted molar refractivity (Wildman–Crippen MR) is 106 cm³/mol. The highest BCUT2D eigenvalue weighted by atomic mass is 32.2. The van der Waals surface area contributed by atoms with Crippen LogP contribution in [0.2, 0.25) is 0 Å². The first-order valence-electron chi connectivity index (χ1n) is 8.18. The minimum Gasteiger partial charge on any atom is -0.337 e. The highest BCUT2D eigenvalue weighted by Gasteiger charge is 2.17. The number of benzene rings is 2. The number of aromatic nitrogens is 1. The topological polar surface area (TPSA) is 74.0 Å². The molecular weight excluding hydrogens is 349 g/mol. The van der Waals surface area contributed by atoms with Gasteiger partial charge in [0.05, 0.1) is 6.54 Å². The number of hydrogen-bond donors (Lipinski definition) is 2. The second-order valence-corrected chi connectivity index (χ2v) is 6.68. The molecular formula is C20H20FN3OS. The summed E-state index contributed by atoms with van der Waals surface area (Å²) in [5.41, 5.74) is 9.74. The van der Waals surface area contributed by atoms with Gasteiger partial charge in [-0.05, 0) is 60.8 Å². The molecule has 0 bridgehead atoms. The number of rotatable bonds is 6. The van der Waals surface area contributed by atoms with Crippen LogP contribution in [0.1, 0.15) is 16.1 Å². The summed E-state index contributed by atoms with van der Waals surface area (Å²) in [7, 11) is 0. The molecule has 0 saturated heterocycles. The van der Waals surface area contributed by atoms with E-state index in [2.05, 4.69) is 0 Å². The Morgan fingerprint density at radius 1 is 1.27 bits per heavy atom. The molecule has 0 radical (unpaired) electrons. The summed E-state index contributed by atoms with van der Waals surface area (Å²) in [5.74, 6) is -0.287. The van der Waals surface area contributed by atoms with Crippen molar-refractivity contribution in [3.05, 3.63) is 65.6 Å². The van der Waals surface area contributed by atoms with Crippen molar-refractivity contribution in [2.24, 2.45) is 10.9 Å². The largest absolute Gasteiger partial charge is 0.337 e. The van der Waals surface area contributed by atoms with Gasteiger partial charge in [0.2, 0.25) is 0 Å². The molecule has 0 aliphatic carbocycles. The Labute approximate surface area is 155 Å². The van der Waals surface area contributed by atoms with Crippen LogP contribution in [-0.2, 0) is 6.54 Å². The Morgan fingerprint density at radius 3 is 2.77 bits per heavy atom. The summed E-state index contributed by atoms with van der Waals surface area (Å²) in [6.07, 6.45) is 2.19. The van der Waals surface area contributed by atoms with E-state index in [1.165, 1.54) is 18.0 Å². The summed E-state index contributed by atoms with van der Waals surface area (Å²) >= 11 is 1.17. The van der Waals surface area contributed by atoms with Crippen LogP contribution in [0.5, 0.6) is 0 Å². The third kappa shape index (κ3) is 3.44. The van der Waals surface area contributed by atoms with Crippen LogP contribution in [0.3, 0.4) is 0 Å². The van der Waals surface area contributed by atoms with Gasteiger partial charge in [0.25, 0.3) is 0 Å². The zero-order valence-corrected chi connectivity index (χ0v) is 15.2. The number of aldehydes is 1. The molecule has 0 saturated carbocycles. The quantitative estimate of drug-likeness (QED) is 0.504. The lowest BCUT2D eigenvalue weighted by molar-refractivity contribution is 0.112. The number of nitrogens with two attached hydrogens (primary N) is 2. The van der Waals surface area contributed by atoms with Crippen LogP contribution in [-0.4, -0.2) is 17.4 Å². The van der Waals surface area contributed by atoms with E-state index in [0.717, 1.165) is 38.9 Å². The highest BCUT2D eigenvalue weighted by molar-refractivity contribution is 7.97. The van der Waals surface area contributed by atoms with E-state index >= 15 is 0 Å². The van der Waals surface area contributed by atoms with Gasteiger partial charge in [-0.15, -0.1) is 0 Å².